The van der Waals surface area contributed by atoms with Gasteiger partial charge >= 0.3 is 0 Å². The molecule has 36 heavy (non-hydrogen) atoms. The predicted molar refractivity (Wildman–Crippen MR) is 144 cm³/mol. The third kappa shape index (κ3) is 5.23. The van der Waals surface area contributed by atoms with Gasteiger partial charge in [-0.05, 0) is 67.1 Å². The molecule has 8 nitrogen and oxygen atoms in total. The van der Waals surface area contributed by atoms with Gasteiger partial charge in [-0.3, -0.25) is 9.59 Å². The number of aromatic amines is 1. The summed E-state index contributed by atoms with van der Waals surface area (Å²) in [6.45, 7) is 3.13. The molecule has 0 bridgehead atoms. The molecule has 1 aliphatic rings. The summed E-state index contributed by atoms with van der Waals surface area (Å²) in [6.07, 6.45) is 0. The first-order valence-electron chi connectivity index (χ1n) is 11.3. The van der Waals surface area contributed by atoms with Crippen LogP contribution in [0.5, 0.6) is 0 Å². The lowest BCUT2D eigenvalue weighted by molar-refractivity contribution is -0.157. The van der Waals surface area contributed by atoms with Gasteiger partial charge in [0.25, 0.3) is 5.91 Å². The lowest BCUT2D eigenvalue weighted by Crippen LogP contribution is -2.51. The highest BCUT2D eigenvalue weighted by atomic mass is 79.9. The zero-order valence-corrected chi connectivity index (χ0v) is 21.7. The zero-order valence-electron chi connectivity index (χ0n) is 19.3. The van der Waals surface area contributed by atoms with Crippen molar-refractivity contribution in [2.24, 2.45) is 5.41 Å². The van der Waals surface area contributed by atoms with Crippen LogP contribution in [-0.4, -0.2) is 35.0 Å². The number of carbonyl (C=O) groups excluding carboxylic acids is 2. The molecule has 1 aliphatic heterocycles. The molecule has 1 fully saturated rings. The quantitative estimate of drug-likeness (QED) is 0.231. The second-order valence-corrected chi connectivity index (χ2v) is 10.3. The summed E-state index contributed by atoms with van der Waals surface area (Å²) in [7, 11) is 0. The number of nitrogens with one attached hydrogen (secondary N) is 4. The van der Waals surface area contributed by atoms with Crippen LogP contribution in [0.3, 0.4) is 0 Å². The second kappa shape index (κ2) is 9.93. The van der Waals surface area contributed by atoms with Crippen molar-refractivity contribution in [1.29, 1.82) is 0 Å². The Bertz CT molecular complexity index is 1450. The van der Waals surface area contributed by atoms with E-state index in [-0.39, 0.29) is 11.8 Å². The van der Waals surface area contributed by atoms with E-state index < -0.39 is 5.41 Å². The fourth-order valence-electron chi connectivity index (χ4n) is 3.79. The van der Waals surface area contributed by atoms with E-state index in [2.05, 4.69) is 41.8 Å². The van der Waals surface area contributed by atoms with E-state index in [9.17, 15) is 9.59 Å². The minimum Gasteiger partial charge on any atom is -0.379 e. The van der Waals surface area contributed by atoms with Gasteiger partial charge < -0.3 is 25.7 Å². The first kappa shape index (κ1) is 24.3. The number of amides is 2. The number of aromatic nitrogens is 2. The number of rotatable bonds is 7. The van der Waals surface area contributed by atoms with Crippen LogP contribution in [-0.2, 0) is 16.1 Å². The molecule has 3 aromatic carbocycles. The maximum atomic E-state index is 12.7. The Balaban J connectivity index is 1.28. The third-order valence-corrected chi connectivity index (χ3v) is 6.83. The zero-order chi connectivity index (χ0) is 25.3. The van der Waals surface area contributed by atoms with Crippen molar-refractivity contribution < 1.29 is 14.3 Å². The highest BCUT2D eigenvalue weighted by Gasteiger charge is 2.40. The van der Waals surface area contributed by atoms with Crippen LogP contribution in [0.25, 0.3) is 11.0 Å². The summed E-state index contributed by atoms with van der Waals surface area (Å²) in [5.74, 6) is 0.233. The fourth-order valence-corrected chi connectivity index (χ4v) is 4.22. The summed E-state index contributed by atoms with van der Waals surface area (Å²) in [4.78, 5) is 32.8. The van der Waals surface area contributed by atoms with E-state index in [1.807, 2.05) is 43.3 Å². The van der Waals surface area contributed by atoms with Gasteiger partial charge in [0.2, 0.25) is 11.9 Å². The molecule has 0 atom stereocenters. The van der Waals surface area contributed by atoms with Crippen molar-refractivity contribution in [3.8, 4) is 0 Å². The van der Waals surface area contributed by atoms with Crippen molar-refractivity contribution >= 4 is 67.7 Å². The molecule has 0 radical (unpaired) electrons. The Labute approximate surface area is 220 Å². The molecule has 1 aromatic heterocycles. The van der Waals surface area contributed by atoms with E-state index in [0.717, 1.165) is 10.0 Å². The van der Waals surface area contributed by atoms with Crippen molar-refractivity contribution in [3.05, 3.63) is 81.3 Å². The number of H-pyrrole nitrogens is 1. The Kier molecular flexibility index (Phi) is 6.70. The molecule has 0 saturated carbocycles. The van der Waals surface area contributed by atoms with Gasteiger partial charge in [0.05, 0.1) is 40.4 Å². The van der Waals surface area contributed by atoms with Crippen molar-refractivity contribution in [3.63, 3.8) is 0 Å². The molecule has 2 amide bonds. The summed E-state index contributed by atoms with van der Waals surface area (Å²) < 4.78 is 6.10. The van der Waals surface area contributed by atoms with Gasteiger partial charge in [0.1, 0.15) is 0 Å². The summed E-state index contributed by atoms with van der Waals surface area (Å²) in [5.41, 5.74) is 3.69. The minimum absolute atomic E-state index is 0.0320. The molecule has 184 valence electrons. The number of imidazole rings is 1. The average Bonchev–Trinajstić information content (AvgIpc) is 3.25. The van der Waals surface area contributed by atoms with Crippen molar-refractivity contribution in [1.82, 2.24) is 15.3 Å². The van der Waals surface area contributed by atoms with Crippen LogP contribution in [0.15, 0.2) is 65.1 Å². The second-order valence-electron chi connectivity index (χ2n) is 8.95. The first-order chi connectivity index (χ1) is 17.3. The Morgan fingerprint density at radius 2 is 1.89 bits per heavy atom. The van der Waals surface area contributed by atoms with Crippen LogP contribution in [0.4, 0.5) is 17.3 Å². The van der Waals surface area contributed by atoms with Crippen molar-refractivity contribution in [2.45, 2.75) is 13.5 Å². The number of halogens is 2. The molecule has 0 aliphatic carbocycles. The van der Waals surface area contributed by atoms with Crippen LogP contribution in [0.1, 0.15) is 22.8 Å². The van der Waals surface area contributed by atoms with Gasteiger partial charge in [-0.2, -0.15) is 0 Å². The summed E-state index contributed by atoms with van der Waals surface area (Å²) in [5, 5.41) is 9.55. The van der Waals surface area contributed by atoms with E-state index >= 15 is 0 Å². The molecule has 5 rings (SSSR count). The number of hydrogen-bond donors (Lipinski definition) is 4. The van der Waals surface area contributed by atoms with Gasteiger partial charge in [-0.15, -0.1) is 0 Å². The summed E-state index contributed by atoms with van der Waals surface area (Å²) in [6, 6.07) is 18.1. The number of hydrogen-bond acceptors (Lipinski definition) is 5. The summed E-state index contributed by atoms with van der Waals surface area (Å²) >= 11 is 9.79. The Morgan fingerprint density at radius 1 is 1.11 bits per heavy atom. The fraction of sp³-hybridized carbons (Fsp3) is 0.192. The van der Waals surface area contributed by atoms with Crippen LogP contribution >= 0.6 is 27.5 Å². The van der Waals surface area contributed by atoms with Crippen molar-refractivity contribution in [2.75, 3.05) is 23.8 Å². The predicted octanol–water partition coefficient (Wildman–Crippen LogP) is 5.63. The Hall–Kier alpha value is -3.40. The first-order valence-corrected chi connectivity index (χ1v) is 12.4. The van der Waals surface area contributed by atoms with E-state index in [0.29, 0.717) is 58.7 Å². The number of anilines is 3. The molecule has 2 heterocycles. The molecular formula is C26H23BrClN5O3. The molecule has 10 heteroatoms. The normalized spacial score (nSPS) is 14.2. The molecule has 4 aromatic rings. The molecule has 0 spiro atoms. The highest BCUT2D eigenvalue weighted by molar-refractivity contribution is 9.10. The van der Waals surface area contributed by atoms with Crippen LogP contribution < -0.4 is 16.0 Å². The van der Waals surface area contributed by atoms with E-state index in [1.165, 1.54) is 0 Å². The molecule has 4 N–H and O–H groups in total. The van der Waals surface area contributed by atoms with Crippen LogP contribution in [0.2, 0.25) is 5.02 Å². The molecule has 1 saturated heterocycles. The molecule has 0 unspecified atom stereocenters. The highest BCUT2D eigenvalue weighted by Crippen LogP contribution is 2.29. The van der Waals surface area contributed by atoms with Gasteiger partial charge in [-0.1, -0.05) is 33.6 Å². The standard InChI is InChI=1S/C26H23BrClN5O3/c1-26(13-36-14-26)24(35)29-12-15-2-8-19(28)21(10-15)32-25-31-20-9-3-16(11-22(20)33-25)23(34)30-18-6-4-17(27)5-7-18/h2-11H,12-14H2,1H3,(H,29,35)(H,30,34)(H2,31,32,33). The topological polar surface area (TPSA) is 108 Å². The lowest BCUT2D eigenvalue weighted by atomic mass is 9.87. The monoisotopic (exact) mass is 567 g/mol. The molecular weight excluding hydrogens is 546 g/mol. The smallest absolute Gasteiger partial charge is 0.255 e. The average molecular weight is 569 g/mol. The van der Waals surface area contributed by atoms with E-state index in [1.54, 1.807) is 24.3 Å². The van der Waals surface area contributed by atoms with Gasteiger partial charge in [-0.25, -0.2) is 4.98 Å². The number of carbonyl (C=O) groups is 2. The maximum absolute atomic E-state index is 12.7. The lowest BCUT2D eigenvalue weighted by Gasteiger charge is -2.36. The Morgan fingerprint density at radius 3 is 2.61 bits per heavy atom. The maximum Gasteiger partial charge on any atom is 0.255 e. The number of fused-ring (bicyclic) bond motifs is 1. The largest absolute Gasteiger partial charge is 0.379 e. The van der Waals surface area contributed by atoms with Crippen LogP contribution in [0, 0.1) is 5.41 Å². The number of ether oxygens (including phenoxy) is 1. The van der Waals surface area contributed by atoms with Gasteiger partial charge in [0, 0.05) is 22.3 Å². The van der Waals surface area contributed by atoms with E-state index in [4.69, 9.17) is 16.3 Å². The number of nitrogens with zero attached hydrogens (tertiary/aromatic N) is 1. The third-order valence-electron chi connectivity index (χ3n) is 5.97. The minimum atomic E-state index is -0.463. The SMILES string of the molecule is CC1(C(=O)NCc2ccc(Cl)c(Nc3nc4ccc(C(=O)Nc5ccc(Br)cc5)cc4[nH]3)c2)COC1. The van der Waals surface area contributed by atoms with Gasteiger partial charge in [0.15, 0.2) is 0 Å². The number of benzene rings is 3.